The number of ether oxygens (including phenoxy) is 1. The van der Waals surface area contributed by atoms with Crippen LogP contribution in [0.25, 0.3) is 5.57 Å². The van der Waals surface area contributed by atoms with Gasteiger partial charge in [0.05, 0.1) is 0 Å². The first-order valence-corrected chi connectivity index (χ1v) is 10.3. The van der Waals surface area contributed by atoms with E-state index in [1.807, 2.05) is 0 Å². The molecule has 2 nitrogen and oxygen atoms in total. The second-order valence-electron chi connectivity index (χ2n) is 7.70. The van der Waals surface area contributed by atoms with Crippen LogP contribution >= 0.6 is 0 Å². The van der Waals surface area contributed by atoms with E-state index in [4.69, 9.17) is 4.74 Å². The Morgan fingerprint density at radius 2 is 1.55 bits per heavy atom. The van der Waals surface area contributed by atoms with Crippen molar-refractivity contribution in [3.63, 3.8) is 0 Å². The minimum absolute atomic E-state index is 0.706. The number of aryl methyl sites for hydroxylation is 1. The molecule has 0 saturated carbocycles. The molecule has 0 atom stereocenters. The highest BCUT2D eigenvalue weighted by atomic mass is 16.5. The number of rotatable bonds is 9. The van der Waals surface area contributed by atoms with Gasteiger partial charge in [-0.05, 0) is 73.8 Å². The lowest BCUT2D eigenvalue weighted by molar-refractivity contribution is 0.261. The predicted molar refractivity (Wildman–Crippen MR) is 123 cm³/mol. The summed E-state index contributed by atoms with van der Waals surface area (Å²) in [5.74, 6) is 0.931. The molecule has 0 spiro atoms. The van der Waals surface area contributed by atoms with Gasteiger partial charge < -0.3 is 9.64 Å². The van der Waals surface area contributed by atoms with Gasteiger partial charge in [-0.25, -0.2) is 0 Å². The first-order valence-electron chi connectivity index (χ1n) is 10.3. The lowest BCUT2D eigenvalue weighted by atomic mass is 9.95. The van der Waals surface area contributed by atoms with Crippen molar-refractivity contribution >= 4 is 5.57 Å². The summed E-state index contributed by atoms with van der Waals surface area (Å²) >= 11 is 0. The van der Waals surface area contributed by atoms with Crippen LogP contribution in [-0.2, 0) is 12.8 Å². The molecule has 0 radical (unpaired) electrons. The van der Waals surface area contributed by atoms with Crippen molar-refractivity contribution in [1.29, 1.82) is 0 Å². The van der Waals surface area contributed by atoms with Gasteiger partial charge in [-0.3, -0.25) is 0 Å². The summed E-state index contributed by atoms with van der Waals surface area (Å²) in [7, 11) is 4.11. The molecular formula is C27H31NO. The van der Waals surface area contributed by atoms with Gasteiger partial charge in [-0.1, -0.05) is 72.8 Å². The van der Waals surface area contributed by atoms with Crippen LogP contribution in [0.3, 0.4) is 0 Å². The third kappa shape index (κ3) is 6.62. The molecule has 0 heterocycles. The second kappa shape index (κ2) is 10.6. The van der Waals surface area contributed by atoms with Crippen LogP contribution in [0.1, 0.15) is 22.3 Å². The Kier molecular flexibility index (Phi) is 7.66. The summed E-state index contributed by atoms with van der Waals surface area (Å²) in [6, 6.07) is 27.8. The standard InChI is InChI=1S/C27H31NO/c1-22-9-7-8-10-24(22)15-16-26(25-11-5-4-6-12-25)21-23-13-17-27(18-14-23)29-20-19-28(2)3/h4-14,16-18H,15,19-21H2,1-3H3. The molecule has 0 aromatic heterocycles. The maximum Gasteiger partial charge on any atom is 0.119 e. The van der Waals surface area contributed by atoms with E-state index < -0.39 is 0 Å². The van der Waals surface area contributed by atoms with Gasteiger partial charge in [0.1, 0.15) is 12.4 Å². The fraction of sp³-hybridized carbons (Fsp3) is 0.259. The zero-order valence-electron chi connectivity index (χ0n) is 17.8. The molecule has 0 unspecified atom stereocenters. The van der Waals surface area contributed by atoms with Crippen molar-refractivity contribution in [2.24, 2.45) is 0 Å². The predicted octanol–water partition coefficient (Wildman–Crippen LogP) is 5.80. The van der Waals surface area contributed by atoms with Crippen LogP contribution in [0.2, 0.25) is 0 Å². The third-order valence-corrected chi connectivity index (χ3v) is 5.10. The van der Waals surface area contributed by atoms with Crippen molar-refractivity contribution in [2.75, 3.05) is 27.2 Å². The summed E-state index contributed by atoms with van der Waals surface area (Å²) in [6.07, 6.45) is 4.23. The molecule has 0 fully saturated rings. The lowest BCUT2D eigenvalue weighted by Gasteiger charge is -2.12. The first kappa shape index (κ1) is 20.9. The molecule has 0 aliphatic carbocycles. The van der Waals surface area contributed by atoms with Crippen LogP contribution in [0, 0.1) is 6.92 Å². The molecule has 0 bridgehead atoms. The molecule has 0 N–H and O–H groups in total. The Balaban J connectivity index is 1.73. The van der Waals surface area contributed by atoms with E-state index in [1.54, 1.807) is 0 Å². The molecule has 29 heavy (non-hydrogen) atoms. The number of benzene rings is 3. The van der Waals surface area contributed by atoms with Gasteiger partial charge in [-0.2, -0.15) is 0 Å². The van der Waals surface area contributed by atoms with Crippen molar-refractivity contribution < 1.29 is 4.74 Å². The largest absolute Gasteiger partial charge is 0.492 e. The molecular weight excluding hydrogens is 354 g/mol. The van der Waals surface area contributed by atoms with Crippen LogP contribution in [0.5, 0.6) is 5.75 Å². The lowest BCUT2D eigenvalue weighted by Crippen LogP contribution is -2.19. The van der Waals surface area contributed by atoms with E-state index in [0.717, 1.165) is 25.1 Å². The van der Waals surface area contributed by atoms with Crippen molar-refractivity contribution in [3.05, 3.63) is 107 Å². The van der Waals surface area contributed by atoms with Crippen molar-refractivity contribution in [1.82, 2.24) is 4.90 Å². The summed E-state index contributed by atoms with van der Waals surface area (Å²) in [5, 5.41) is 0. The van der Waals surface area contributed by atoms with E-state index in [1.165, 1.54) is 27.8 Å². The summed E-state index contributed by atoms with van der Waals surface area (Å²) in [6.45, 7) is 3.81. The smallest absolute Gasteiger partial charge is 0.119 e. The van der Waals surface area contributed by atoms with Gasteiger partial charge in [0.2, 0.25) is 0 Å². The second-order valence-corrected chi connectivity index (χ2v) is 7.70. The van der Waals surface area contributed by atoms with E-state index in [9.17, 15) is 0 Å². The number of nitrogens with zero attached hydrogens (tertiary/aromatic N) is 1. The Hall–Kier alpha value is -2.84. The Morgan fingerprint density at radius 3 is 2.24 bits per heavy atom. The van der Waals surface area contributed by atoms with Gasteiger partial charge >= 0.3 is 0 Å². The fourth-order valence-corrected chi connectivity index (χ4v) is 3.29. The van der Waals surface area contributed by atoms with Crippen LogP contribution < -0.4 is 4.74 Å². The van der Waals surface area contributed by atoms with Gasteiger partial charge in [0.15, 0.2) is 0 Å². The first-order chi connectivity index (χ1) is 14.1. The molecule has 150 valence electrons. The monoisotopic (exact) mass is 385 g/mol. The van der Waals surface area contributed by atoms with Crippen LogP contribution in [-0.4, -0.2) is 32.1 Å². The van der Waals surface area contributed by atoms with Crippen LogP contribution in [0.4, 0.5) is 0 Å². The van der Waals surface area contributed by atoms with Gasteiger partial charge in [0.25, 0.3) is 0 Å². The fourth-order valence-electron chi connectivity index (χ4n) is 3.29. The van der Waals surface area contributed by atoms with E-state index >= 15 is 0 Å². The SMILES string of the molecule is Cc1ccccc1CC=C(Cc1ccc(OCCN(C)C)cc1)c1ccccc1. The minimum atomic E-state index is 0.706. The normalized spacial score (nSPS) is 11.7. The maximum atomic E-state index is 5.82. The Bertz CT molecular complexity index is 911. The minimum Gasteiger partial charge on any atom is -0.492 e. The molecule has 0 saturated heterocycles. The van der Waals surface area contributed by atoms with Crippen molar-refractivity contribution in [3.8, 4) is 5.75 Å². The highest BCUT2D eigenvalue weighted by Crippen LogP contribution is 2.23. The zero-order valence-corrected chi connectivity index (χ0v) is 17.8. The highest BCUT2D eigenvalue weighted by Gasteiger charge is 2.05. The van der Waals surface area contributed by atoms with Crippen LogP contribution in [0.15, 0.2) is 84.9 Å². The average Bonchev–Trinajstić information content (AvgIpc) is 2.73. The summed E-state index contributed by atoms with van der Waals surface area (Å²) < 4.78 is 5.82. The summed E-state index contributed by atoms with van der Waals surface area (Å²) in [4.78, 5) is 2.12. The molecule has 0 aliphatic heterocycles. The summed E-state index contributed by atoms with van der Waals surface area (Å²) in [5.41, 5.74) is 6.66. The van der Waals surface area contributed by atoms with Gasteiger partial charge in [-0.15, -0.1) is 0 Å². The average molecular weight is 386 g/mol. The molecule has 3 aromatic rings. The Labute approximate surface area is 175 Å². The van der Waals surface area contributed by atoms with E-state index in [0.29, 0.717) is 6.61 Å². The third-order valence-electron chi connectivity index (χ3n) is 5.10. The zero-order chi connectivity index (χ0) is 20.5. The molecule has 0 amide bonds. The number of hydrogen-bond acceptors (Lipinski definition) is 2. The van der Waals surface area contributed by atoms with Crippen molar-refractivity contribution in [2.45, 2.75) is 19.8 Å². The molecule has 3 aromatic carbocycles. The topological polar surface area (TPSA) is 12.5 Å². The van der Waals surface area contributed by atoms with E-state index in [2.05, 4.69) is 111 Å². The molecule has 0 aliphatic rings. The number of hydrogen-bond donors (Lipinski definition) is 0. The van der Waals surface area contributed by atoms with Gasteiger partial charge in [0, 0.05) is 6.54 Å². The quantitative estimate of drug-likeness (QED) is 0.461. The molecule has 2 heteroatoms. The highest BCUT2D eigenvalue weighted by molar-refractivity contribution is 5.68. The van der Waals surface area contributed by atoms with E-state index in [-0.39, 0.29) is 0 Å². The maximum absolute atomic E-state index is 5.82. The molecule has 3 rings (SSSR count). The Morgan fingerprint density at radius 1 is 0.862 bits per heavy atom. The number of allylic oxidation sites excluding steroid dienone is 2. The number of likely N-dealkylation sites (N-methyl/N-ethyl adjacent to an activating group) is 1.